The molecule has 0 aromatic carbocycles. The number of Topliss-reactive ketones (excluding diaryl/α,β-unsaturated/α-hetero) is 1. The van der Waals surface area contributed by atoms with Gasteiger partial charge < -0.3 is 5.11 Å². The Morgan fingerprint density at radius 3 is 2.65 bits per heavy atom. The molecular formula is C21H32O2. The van der Waals surface area contributed by atoms with E-state index in [0.717, 1.165) is 43.9 Å². The van der Waals surface area contributed by atoms with E-state index in [1.807, 2.05) is 0 Å². The predicted molar refractivity (Wildman–Crippen MR) is 91.8 cm³/mol. The molecule has 4 fully saturated rings. The fraction of sp³-hybridized carbons (Fsp3) is 0.857. The fourth-order valence-electron chi connectivity index (χ4n) is 7.51. The van der Waals surface area contributed by atoms with E-state index in [9.17, 15) is 9.90 Å². The molecule has 0 amide bonds. The number of carbonyl (C=O) groups excluding carboxylic acids is 1. The van der Waals surface area contributed by atoms with E-state index in [1.165, 1.54) is 19.3 Å². The van der Waals surface area contributed by atoms with Crippen molar-refractivity contribution in [3.05, 3.63) is 12.7 Å². The van der Waals surface area contributed by atoms with E-state index in [2.05, 4.69) is 26.5 Å². The number of aliphatic hydroxyl groups excluding tert-OH is 1. The SMILES string of the molecule is C=CC1CC(O)CC2CC[C@@H]3[C@@H](CC[C@]4(C)C(=O)CC[C@@H]34)[C@@]12C. The summed E-state index contributed by atoms with van der Waals surface area (Å²) in [6, 6.07) is 0. The van der Waals surface area contributed by atoms with Crippen molar-refractivity contribution >= 4 is 5.78 Å². The maximum Gasteiger partial charge on any atom is 0.139 e. The zero-order valence-corrected chi connectivity index (χ0v) is 14.8. The van der Waals surface area contributed by atoms with Gasteiger partial charge in [-0.3, -0.25) is 4.79 Å². The third kappa shape index (κ3) is 2.00. The molecule has 0 heterocycles. The maximum absolute atomic E-state index is 12.5. The lowest BCUT2D eigenvalue weighted by molar-refractivity contribution is -0.151. The normalized spacial score (nSPS) is 55.7. The molecular weight excluding hydrogens is 284 g/mol. The van der Waals surface area contributed by atoms with Crippen LogP contribution >= 0.6 is 0 Å². The van der Waals surface area contributed by atoms with Crippen LogP contribution in [0.1, 0.15) is 65.2 Å². The molecule has 0 radical (unpaired) electrons. The highest BCUT2D eigenvalue weighted by Crippen LogP contribution is 2.66. The zero-order chi connectivity index (χ0) is 16.4. The van der Waals surface area contributed by atoms with Crippen LogP contribution in [0.5, 0.6) is 0 Å². The number of hydrogen-bond donors (Lipinski definition) is 1. The first-order valence-corrected chi connectivity index (χ1v) is 9.75. The van der Waals surface area contributed by atoms with Crippen LogP contribution in [-0.2, 0) is 4.79 Å². The first-order chi connectivity index (χ1) is 10.9. The molecule has 0 aromatic rings. The summed E-state index contributed by atoms with van der Waals surface area (Å²) in [6.07, 6.45) is 10.6. The molecule has 4 rings (SSSR count). The number of allylic oxidation sites excluding steroid dienone is 1. The van der Waals surface area contributed by atoms with E-state index in [1.54, 1.807) is 0 Å². The number of rotatable bonds is 1. The first kappa shape index (κ1) is 15.9. The van der Waals surface area contributed by atoms with Crippen molar-refractivity contribution in [1.82, 2.24) is 0 Å². The van der Waals surface area contributed by atoms with Gasteiger partial charge in [-0.15, -0.1) is 6.58 Å². The second-order valence-corrected chi connectivity index (χ2v) is 9.40. The Morgan fingerprint density at radius 2 is 1.91 bits per heavy atom. The summed E-state index contributed by atoms with van der Waals surface area (Å²) in [5.74, 6) is 3.67. The molecule has 3 unspecified atom stereocenters. The number of hydrogen-bond acceptors (Lipinski definition) is 2. The van der Waals surface area contributed by atoms with Gasteiger partial charge in [0.25, 0.3) is 0 Å². The van der Waals surface area contributed by atoms with Gasteiger partial charge in [-0.2, -0.15) is 0 Å². The van der Waals surface area contributed by atoms with Crippen LogP contribution in [0.2, 0.25) is 0 Å². The second-order valence-electron chi connectivity index (χ2n) is 9.40. The molecule has 0 aliphatic heterocycles. The van der Waals surface area contributed by atoms with E-state index in [0.29, 0.717) is 23.5 Å². The van der Waals surface area contributed by atoms with Gasteiger partial charge in [0.15, 0.2) is 0 Å². The summed E-state index contributed by atoms with van der Waals surface area (Å²) in [6.45, 7) is 8.87. The number of ketones is 1. The van der Waals surface area contributed by atoms with Crippen molar-refractivity contribution in [3.8, 4) is 0 Å². The lowest BCUT2D eigenvalue weighted by Crippen LogP contribution is -2.57. The van der Waals surface area contributed by atoms with Crippen LogP contribution in [0.4, 0.5) is 0 Å². The van der Waals surface area contributed by atoms with Crippen LogP contribution < -0.4 is 0 Å². The van der Waals surface area contributed by atoms with Gasteiger partial charge in [-0.1, -0.05) is 19.9 Å². The van der Waals surface area contributed by atoms with Crippen LogP contribution in [0.3, 0.4) is 0 Å². The Bertz CT molecular complexity index is 526. The Morgan fingerprint density at radius 1 is 1.13 bits per heavy atom. The minimum Gasteiger partial charge on any atom is -0.393 e. The molecule has 23 heavy (non-hydrogen) atoms. The predicted octanol–water partition coefficient (Wildman–Crippen LogP) is 4.37. The Kier molecular flexibility index (Phi) is 3.58. The molecule has 0 bridgehead atoms. The highest BCUT2D eigenvalue weighted by atomic mass is 16.3. The molecule has 4 saturated carbocycles. The van der Waals surface area contributed by atoms with E-state index in [-0.39, 0.29) is 16.9 Å². The van der Waals surface area contributed by atoms with Gasteiger partial charge in [0.05, 0.1) is 6.10 Å². The lowest BCUT2D eigenvalue weighted by atomic mass is 9.43. The maximum atomic E-state index is 12.5. The van der Waals surface area contributed by atoms with E-state index in [4.69, 9.17) is 0 Å². The quantitative estimate of drug-likeness (QED) is 0.729. The first-order valence-electron chi connectivity index (χ1n) is 9.75. The second kappa shape index (κ2) is 5.18. The van der Waals surface area contributed by atoms with Gasteiger partial charge in [-0.05, 0) is 80.0 Å². The molecule has 4 aliphatic rings. The van der Waals surface area contributed by atoms with Crippen LogP contribution in [0.25, 0.3) is 0 Å². The number of fused-ring (bicyclic) bond motifs is 5. The molecule has 4 aliphatic carbocycles. The molecule has 0 aromatic heterocycles. The summed E-state index contributed by atoms with van der Waals surface area (Å²) in [7, 11) is 0. The highest BCUT2D eigenvalue weighted by Gasteiger charge is 2.61. The largest absolute Gasteiger partial charge is 0.393 e. The Balaban J connectivity index is 1.69. The van der Waals surface area contributed by atoms with Gasteiger partial charge >= 0.3 is 0 Å². The lowest BCUT2D eigenvalue weighted by Gasteiger charge is -2.62. The van der Waals surface area contributed by atoms with Crippen molar-refractivity contribution in [2.75, 3.05) is 0 Å². The van der Waals surface area contributed by atoms with Crippen LogP contribution in [-0.4, -0.2) is 17.0 Å². The Hall–Kier alpha value is -0.630. The molecule has 0 spiro atoms. The molecule has 128 valence electrons. The summed E-state index contributed by atoms with van der Waals surface area (Å²) in [5, 5.41) is 10.3. The standard InChI is InChI=1S/C21H32O2/c1-4-13-11-15(22)12-14-5-6-16-17-7-8-19(23)20(17,2)10-9-18(16)21(13,14)3/h4,13-18,22H,1,5-12H2,2-3H3/t13?,14?,15?,16-,17-,18+,20-,21-/m0/s1. The smallest absolute Gasteiger partial charge is 0.139 e. The molecule has 2 nitrogen and oxygen atoms in total. The molecule has 8 atom stereocenters. The molecule has 1 N–H and O–H groups in total. The third-order valence-electron chi connectivity index (χ3n) is 8.84. The third-order valence-corrected chi connectivity index (χ3v) is 8.84. The number of aliphatic hydroxyl groups is 1. The number of carbonyl (C=O) groups is 1. The average Bonchev–Trinajstić information content (AvgIpc) is 2.83. The van der Waals surface area contributed by atoms with Gasteiger partial charge in [0, 0.05) is 11.8 Å². The summed E-state index contributed by atoms with van der Waals surface area (Å²) >= 11 is 0. The van der Waals surface area contributed by atoms with Gasteiger partial charge in [0.1, 0.15) is 5.78 Å². The summed E-state index contributed by atoms with van der Waals surface area (Å²) < 4.78 is 0. The topological polar surface area (TPSA) is 37.3 Å². The zero-order valence-electron chi connectivity index (χ0n) is 14.8. The molecule has 2 heteroatoms. The summed E-state index contributed by atoms with van der Waals surface area (Å²) in [5.41, 5.74) is 0.263. The minimum absolute atomic E-state index is 0.0256. The van der Waals surface area contributed by atoms with Crippen molar-refractivity contribution in [1.29, 1.82) is 0 Å². The van der Waals surface area contributed by atoms with Gasteiger partial charge in [0.2, 0.25) is 0 Å². The van der Waals surface area contributed by atoms with Crippen molar-refractivity contribution in [2.45, 2.75) is 71.3 Å². The minimum atomic E-state index is -0.144. The molecule has 0 saturated heterocycles. The van der Waals surface area contributed by atoms with Crippen molar-refractivity contribution < 1.29 is 9.90 Å². The van der Waals surface area contributed by atoms with Crippen molar-refractivity contribution in [2.24, 2.45) is 40.4 Å². The fourth-order valence-corrected chi connectivity index (χ4v) is 7.51. The van der Waals surface area contributed by atoms with E-state index < -0.39 is 0 Å². The summed E-state index contributed by atoms with van der Waals surface area (Å²) in [4.78, 5) is 12.5. The average molecular weight is 316 g/mol. The monoisotopic (exact) mass is 316 g/mol. The van der Waals surface area contributed by atoms with Crippen molar-refractivity contribution in [3.63, 3.8) is 0 Å². The highest BCUT2D eigenvalue weighted by molar-refractivity contribution is 5.87. The van der Waals surface area contributed by atoms with E-state index >= 15 is 0 Å². The van der Waals surface area contributed by atoms with Gasteiger partial charge in [-0.25, -0.2) is 0 Å². The van der Waals surface area contributed by atoms with Crippen LogP contribution in [0.15, 0.2) is 12.7 Å². The van der Waals surface area contributed by atoms with Crippen LogP contribution in [0, 0.1) is 40.4 Å². The Labute approximate surface area is 140 Å².